The van der Waals surface area contributed by atoms with Crippen molar-refractivity contribution in [2.45, 2.75) is 66.2 Å². The van der Waals surface area contributed by atoms with Gasteiger partial charge in [-0.1, -0.05) is 87.7 Å². The van der Waals surface area contributed by atoms with Gasteiger partial charge in [0, 0.05) is 34.1 Å². The van der Waals surface area contributed by atoms with Gasteiger partial charge in [0.1, 0.15) is 0 Å². The molecule has 0 bridgehead atoms. The second-order valence-corrected chi connectivity index (χ2v) is 11.2. The zero-order valence-corrected chi connectivity index (χ0v) is 25.7. The zero-order valence-electron chi connectivity index (χ0n) is 25.7. The van der Waals surface area contributed by atoms with Crippen molar-refractivity contribution in [1.82, 2.24) is 0 Å². The van der Waals surface area contributed by atoms with Crippen LogP contribution in [0.5, 0.6) is 0 Å². The maximum Gasteiger partial charge on any atom is 0.0463 e. The highest BCUT2D eigenvalue weighted by molar-refractivity contribution is 5.81. The lowest BCUT2D eigenvalue weighted by molar-refractivity contribution is 0.795. The fourth-order valence-electron chi connectivity index (χ4n) is 5.51. The third-order valence-electron chi connectivity index (χ3n) is 8.01. The minimum atomic E-state index is 1.04. The van der Waals surface area contributed by atoms with Crippen molar-refractivity contribution in [3.8, 4) is 0 Å². The molecule has 2 heteroatoms. The van der Waals surface area contributed by atoms with E-state index in [1.54, 1.807) is 0 Å². The molecule has 42 heavy (non-hydrogen) atoms. The van der Waals surface area contributed by atoms with Gasteiger partial charge in [-0.2, -0.15) is 0 Å². The van der Waals surface area contributed by atoms with Crippen molar-refractivity contribution in [1.29, 1.82) is 0 Å². The van der Waals surface area contributed by atoms with Crippen molar-refractivity contribution in [3.05, 3.63) is 144 Å². The summed E-state index contributed by atoms with van der Waals surface area (Å²) in [7, 11) is 0. The fourth-order valence-corrected chi connectivity index (χ4v) is 5.51. The minimum absolute atomic E-state index is 1.04. The van der Waals surface area contributed by atoms with Crippen molar-refractivity contribution < 1.29 is 0 Å². The Labute approximate surface area is 253 Å². The first-order valence-electron chi connectivity index (χ1n) is 15.6. The molecule has 0 radical (unpaired) electrons. The Morgan fingerprint density at radius 3 is 1.07 bits per heavy atom. The topological polar surface area (TPSA) is 6.48 Å². The summed E-state index contributed by atoms with van der Waals surface area (Å²) < 4.78 is 0. The van der Waals surface area contributed by atoms with E-state index < -0.39 is 0 Å². The smallest absolute Gasteiger partial charge is 0.0463 e. The summed E-state index contributed by atoms with van der Waals surface area (Å²) in [5.41, 5.74) is 12.3. The highest BCUT2D eigenvalue weighted by Crippen LogP contribution is 2.39. The number of hydrogen-bond acceptors (Lipinski definition) is 2. The lowest BCUT2D eigenvalue weighted by atomic mass is 10.1. The summed E-state index contributed by atoms with van der Waals surface area (Å²) in [4.78, 5) is 4.71. The van der Waals surface area contributed by atoms with Gasteiger partial charge in [0.05, 0.1) is 0 Å². The number of unbranched alkanes of at least 4 members (excludes halogenated alkanes) is 1. The number of benzene rings is 5. The molecule has 0 saturated carbocycles. The van der Waals surface area contributed by atoms with Crippen LogP contribution in [0.4, 0.5) is 34.1 Å². The van der Waals surface area contributed by atoms with Crippen LogP contribution in [0.25, 0.3) is 0 Å². The molecule has 0 unspecified atom stereocenters. The van der Waals surface area contributed by atoms with E-state index in [0.29, 0.717) is 0 Å². The third kappa shape index (κ3) is 6.94. The van der Waals surface area contributed by atoms with Crippen LogP contribution in [0, 0.1) is 6.92 Å². The van der Waals surface area contributed by atoms with Crippen LogP contribution in [0.3, 0.4) is 0 Å². The Bertz CT molecular complexity index is 1510. The van der Waals surface area contributed by atoms with E-state index in [1.165, 1.54) is 46.5 Å². The van der Waals surface area contributed by atoms with Crippen molar-refractivity contribution >= 4 is 34.1 Å². The molecule has 214 valence electrons. The van der Waals surface area contributed by atoms with Crippen LogP contribution in [-0.2, 0) is 19.3 Å². The van der Waals surface area contributed by atoms with Gasteiger partial charge >= 0.3 is 0 Å². The number of aryl methyl sites for hydroxylation is 4. The van der Waals surface area contributed by atoms with Crippen LogP contribution < -0.4 is 9.80 Å². The van der Waals surface area contributed by atoms with Crippen LogP contribution in [0.15, 0.2) is 121 Å². The van der Waals surface area contributed by atoms with Gasteiger partial charge in [0.2, 0.25) is 0 Å². The van der Waals surface area contributed by atoms with E-state index in [2.05, 4.69) is 159 Å². The normalized spacial score (nSPS) is 11.0. The molecule has 0 fully saturated rings. The molecule has 0 N–H and O–H groups in total. The van der Waals surface area contributed by atoms with E-state index in [9.17, 15) is 0 Å². The predicted octanol–water partition coefficient (Wildman–Crippen LogP) is 11.8. The van der Waals surface area contributed by atoms with Crippen LogP contribution in [0.1, 0.15) is 62.3 Å². The summed E-state index contributed by atoms with van der Waals surface area (Å²) in [6.45, 7) is 8.83. The number of hydrogen-bond donors (Lipinski definition) is 0. The molecular weight excluding hydrogens is 508 g/mol. The monoisotopic (exact) mass is 552 g/mol. The van der Waals surface area contributed by atoms with E-state index in [0.717, 1.165) is 48.4 Å². The number of rotatable bonds is 12. The molecule has 0 aliphatic rings. The van der Waals surface area contributed by atoms with E-state index in [4.69, 9.17) is 0 Å². The molecule has 0 amide bonds. The lowest BCUT2D eigenvalue weighted by Crippen LogP contribution is -2.12. The zero-order chi connectivity index (χ0) is 29.3. The molecule has 0 heterocycles. The van der Waals surface area contributed by atoms with E-state index in [-0.39, 0.29) is 0 Å². The van der Waals surface area contributed by atoms with Gasteiger partial charge in [-0.3, -0.25) is 0 Å². The second kappa shape index (κ2) is 14.0. The highest BCUT2D eigenvalue weighted by atomic mass is 15.2. The minimum Gasteiger partial charge on any atom is -0.311 e. The summed E-state index contributed by atoms with van der Waals surface area (Å²) in [5.74, 6) is 0. The first kappa shape index (κ1) is 29.2. The molecule has 0 aliphatic carbocycles. The fraction of sp³-hybridized carbons (Fsp3) is 0.250. The van der Waals surface area contributed by atoms with Gasteiger partial charge < -0.3 is 9.80 Å². The molecule has 0 aromatic heterocycles. The van der Waals surface area contributed by atoms with Crippen LogP contribution in [0.2, 0.25) is 0 Å². The highest BCUT2D eigenvalue weighted by Gasteiger charge is 2.16. The predicted molar refractivity (Wildman–Crippen MR) is 183 cm³/mol. The Hall–Kier alpha value is -4.30. The van der Waals surface area contributed by atoms with Gasteiger partial charge in [0.25, 0.3) is 0 Å². The number of nitrogens with zero attached hydrogens (tertiary/aromatic N) is 2. The van der Waals surface area contributed by atoms with E-state index >= 15 is 0 Å². The summed E-state index contributed by atoms with van der Waals surface area (Å²) >= 11 is 0. The Kier molecular flexibility index (Phi) is 9.77. The lowest BCUT2D eigenvalue weighted by Gasteiger charge is -2.28. The Morgan fingerprint density at radius 2 is 0.714 bits per heavy atom. The molecular formula is C40H44N2. The first-order valence-corrected chi connectivity index (χ1v) is 15.6. The third-order valence-corrected chi connectivity index (χ3v) is 8.01. The SMILES string of the molecule is CCCCc1ccc(N(c2ccc(CCC)cc2)c2ccc(N(c3ccc(C)cc3)c3ccc(CC)cc3)cc2)cc1. The summed E-state index contributed by atoms with van der Waals surface area (Å²) in [5, 5.41) is 0. The summed E-state index contributed by atoms with van der Waals surface area (Å²) in [6.07, 6.45) is 6.87. The van der Waals surface area contributed by atoms with Crippen LogP contribution >= 0.6 is 0 Å². The van der Waals surface area contributed by atoms with Crippen molar-refractivity contribution in [2.75, 3.05) is 9.80 Å². The maximum absolute atomic E-state index is 2.37. The molecule has 2 nitrogen and oxygen atoms in total. The molecule has 0 spiro atoms. The average Bonchev–Trinajstić information content (AvgIpc) is 3.04. The second-order valence-electron chi connectivity index (χ2n) is 11.2. The molecule has 0 aliphatic heterocycles. The summed E-state index contributed by atoms with van der Waals surface area (Å²) in [6, 6.07) is 44.9. The molecule has 5 aromatic carbocycles. The van der Waals surface area contributed by atoms with Crippen molar-refractivity contribution in [3.63, 3.8) is 0 Å². The maximum atomic E-state index is 2.37. The molecule has 0 saturated heterocycles. The van der Waals surface area contributed by atoms with Gasteiger partial charge in [0.15, 0.2) is 0 Å². The Balaban J connectivity index is 1.53. The Morgan fingerprint density at radius 1 is 0.381 bits per heavy atom. The molecule has 0 atom stereocenters. The largest absolute Gasteiger partial charge is 0.311 e. The standard InChI is InChI=1S/C40H44N2/c1-5-8-10-34-17-25-38(26-18-34)42(37-23-15-33(9-6-2)16-24-37)40-29-27-39(28-30-40)41(35-19-11-31(4)12-20-35)36-21-13-32(7-3)14-22-36/h11-30H,5-10H2,1-4H3. The molecule has 5 rings (SSSR count). The number of anilines is 6. The van der Waals surface area contributed by atoms with E-state index in [1.807, 2.05) is 0 Å². The average molecular weight is 553 g/mol. The van der Waals surface area contributed by atoms with Gasteiger partial charge in [-0.25, -0.2) is 0 Å². The van der Waals surface area contributed by atoms with Crippen LogP contribution in [-0.4, -0.2) is 0 Å². The quantitative estimate of drug-likeness (QED) is 0.152. The van der Waals surface area contributed by atoms with Gasteiger partial charge in [-0.05, 0) is 122 Å². The van der Waals surface area contributed by atoms with Gasteiger partial charge in [-0.15, -0.1) is 0 Å². The first-order chi connectivity index (χ1) is 20.6. The van der Waals surface area contributed by atoms with Crippen molar-refractivity contribution in [2.24, 2.45) is 0 Å². The molecule has 5 aromatic rings.